The molecule has 3 rings (SSSR count). The predicted molar refractivity (Wildman–Crippen MR) is 282 cm³/mol. The van der Waals surface area contributed by atoms with Gasteiger partial charge in [-0.05, 0) is 72.1 Å². The maximum absolute atomic E-state index is 15.0. The highest BCUT2D eigenvalue weighted by Gasteiger charge is 2.82. The lowest BCUT2D eigenvalue weighted by atomic mass is 9.67. The van der Waals surface area contributed by atoms with E-state index in [0.717, 1.165) is 20.8 Å². The van der Waals surface area contributed by atoms with E-state index in [1.807, 2.05) is 0 Å². The normalized spacial score (nSPS) is 28.6. The van der Waals surface area contributed by atoms with Crippen LogP contribution in [0.15, 0.2) is 0 Å². The van der Waals surface area contributed by atoms with Crippen LogP contribution in [0.1, 0.15) is 139 Å². The van der Waals surface area contributed by atoms with Gasteiger partial charge in [-0.25, -0.2) is 65.9 Å². The molecule has 0 aromatic carbocycles. The van der Waals surface area contributed by atoms with E-state index in [4.69, 9.17) is 0 Å². The highest BCUT2D eigenvalue weighted by molar-refractivity contribution is 5.76. The quantitative estimate of drug-likeness (QED) is 0.0341. The Hall–Kier alpha value is -4.77. The summed E-state index contributed by atoms with van der Waals surface area (Å²) in [7, 11) is 0. The van der Waals surface area contributed by atoms with Gasteiger partial charge in [0.05, 0.1) is 0 Å². The molecule has 0 bridgehead atoms. The Bertz CT molecular complexity index is 3000. The maximum Gasteiger partial charge on any atom is 0.426 e. The molecular formula is C57H66F42O12. The number of carbonyl (C=O) groups is 3. The molecule has 0 saturated heterocycles. The van der Waals surface area contributed by atoms with Crippen LogP contribution in [0, 0.1) is 35.5 Å². The zero-order valence-electron chi connectivity index (χ0n) is 57.2. The van der Waals surface area contributed by atoms with Gasteiger partial charge >= 0.3 is 85.3 Å². The summed E-state index contributed by atoms with van der Waals surface area (Å²) >= 11 is 0. The Labute approximate surface area is 596 Å². The molecule has 660 valence electrons. The van der Waals surface area contributed by atoms with Crippen molar-refractivity contribution >= 4 is 17.9 Å². The molecule has 54 heteroatoms. The van der Waals surface area contributed by atoms with Gasteiger partial charge in [0.15, 0.2) is 16.8 Å². The zero-order chi connectivity index (χ0) is 89.5. The van der Waals surface area contributed by atoms with Gasteiger partial charge in [0.25, 0.3) is 40.5 Å². The minimum atomic E-state index is -6.67. The first-order valence-electron chi connectivity index (χ1n) is 30.9. The summed E-state index contributed by atoms with van der Waals surface area (Å²) in [5, 5.41) is 56.4. The van der Waals surface area contributed by atoms with Crippen LogP contribution in [0.4, 0.5) is 184 Å². The molecule has 0 aromatic heterocycles. The van der Waals surface area contributed by atoms with Gasteiger partial charge in [-0.1, -0.05) is 20.8 Å². The highest BCUT2D eigenvalue weighted by Crippen LogP contribution is 2.64. The summed E-state index contributed by atoms with van der Waals surface area (Å²) < 4.78 is 581. The van der Waals surface area contributed by atoms with Crippen molar-refractivity contribution < 1.29 is 244 Å². The molecule has 0 amide bonds. The summed E-state index contributed by atoms with van der Waals surface area (Å²) in [6.45, 7) is 1.42. The van der Waals surface area contributed by atoms with Gasteiger partial charge in [-0.2, -0.15) is 119 Å². The minimum Gasteiger partial charge on any atom is -0.462 e. The van der Waals surface area contributed by atoms with Gasteiger partial charge in [0.1, 0.15) is 36.1 Å². The smallest absolute Gasteiger partial charge is 0.426 e. The van der Waals surface area contributed by atoms with E-state index in [9.17, 15) is 229 Å². The number of aliphatic hydroxyl groups is 6. The number of alkyl halides is 42. The van der Waals surface area contributed by atoms with E-state index in [-0.39, 0.29) is 41.5 Å². The number of carbonyl (C=O) groups excluding carboxylic acids is 3. The Morgan fingerprint density at radius 2 is 0.577 bits per heavy atom. The van der Waals surface area contributed by atoms with Crippen LogP contribution in [0.2, 0.25) is 0 Å². The fourth-order valence-corrected chi connectivity index (χ4v) is 11.9. The van der Waals surface area contributed by atoms with Crippen molar-refractivity contribution in [3.8, 4) is 0 Å². The molecule has 0 spiro atoms. The zero-order valence-corrected chi connectivity index (χ0v) is 57.2. The first kappa shape index (κ1) is 104. The van der Waals surface area contributed by atoms with E-state index in [0.29, 0.717) is 0 Å². The molecule has 111 heavy (non-hydrogen) atoms. The fraction of sp³-hybridized carbons (Fsp3) is 0.947. The van der Waals surface area contributed by atoms with Crippen molar-refractivity contribution in [2.45, 2.75) is 299 Å². The molecule has 0 radical (unpaired) electrons. The standard InChI is InChI=1S/3C19H22F14O4/c1-8-4-10(16(23,24)14(22,5-8)13(3,20)21)11(34)37-9(6-12(2,35)17(25,26)27)7-15(36,18(28,29)30)19(31,32)33;1-4-8-5-10(16(23,24)15(8,22)13(3,20)21)11(34)37-9(6-12(2,35)17(25,26)27)7-14(36,18(28,29)30)19(31,32)33;1-4-8-5-10(16(23,24)13(3,20)15(8,21)22)11(34)37-9(6-12(2,35)17(25,26)27)7-14(36,18(28,29)30)19(31,32)33/h3*8-10,35-36H,4-7H2,1-3H3. The first-order valence-corrected chi connectivity index (χ1v) is 30.9. The van der Waals surface area contributed by atoms with Gasteiger partial charge in [-0.3, -0.25) is 14.4 Å². The third-order valence-corrected chi connectivity index (χ3v) is 19.1. The fourth-order valence-electron chi connectivity index (χ4n) is 11.9. The SMILES string of the molecule is CC1CC(C(=O)OC(CC(C)(O)C(F)(F)F)CC(O)(C(F)(F)F)C(F)(F)F)C(F)(F)C(F)(C(C)(F)F)C1.CCC1CC(C(=O)OC(CC(C)(O)C(F)(F)F)CC(O)(C(F)(F)F)C(F)(F)F)C(F)(F)C(C)(F)C1(F)F.CCC1CC(C(=O)OC(CC(C)(O)C(F)(F)F)CC(O)(C(F)(F)F)C(F)(F)F)C(F)(F)C1(F)C(C)(F)F. The number of rotatable bonds is 22. The average molecular weight is 1740 g/mol. The van der Waals surface area contributed by atoms with Crippen LogP contribution >= 0.6 is 0 Å². The summed E-state index contributed by atoms with van der Waals surface area (Å²) in [6.07, 6.45) is -90.8. The Morgan fingerprint density at radius 1 is 0.342 bits per heavy atom. The number of ether oxygens (including phenoxy) is 3. The first-order chi connectivity index (χ1) is 48.0. The number of esters is 3. The molecule has 3 aliphatic rings. The third-order valence-electron chi connectivity index (χ3n) is 19.1. The van der Waals surface area contributed by atoms with Crippen molar-refractivity contribution in [2.24, 2.45) is 35.5 Å². The molecule has 15 atom stereocenters. The Morgan fingerprint density at radius 3 is 0.784 bits per heavy atom. The number of hydrogen-bond donors (Lipinski definition) is 6. The molecule has 15 unspecified atom stereocenters. The number of hydrogen-bond acceptors (Lipinski definition) is 12. The minimum absolute atomic E-state index is 0.171. The van der Waals surface area contributed by atoms with Crippen LogP contribution < -0.4 is 0 Å². The molecule has 0 aliphatic heterocycles. The molecule has 3 saturated carbocycles. The van der Waals surface area contributed by atoms with E-state index < -0.39 is 291 Å². The van der Waals surface area contributed by atoms with Crippen molar-refractivity contribution in [2.75, 3.05) is 0 Å². The van der Waals surface area contributed by atoms with Crippen LogP contribution in [-0.4, -0.2) is 209 Å². The molecule has 3 aliphatic carbocycles. The van der Waals surface area contributed by atoms with Crippen molar-refractivity contribution in [1.82, 2.24) is 0 Å². The van der Waals surface area contributed by atoms with Crippen LogP contribution in [-0.2, 0) is 28.6 Å². The summed E-state index contributed by atoms with van der Waals surface area (Å²) in [4.78, 5) is 37.1. The topological polar surface area (TPSA) is 200 Å². The molecular weight excluding hydrogens is 1670 g/mol. The second kappa shape index (κ2) is 31.6. The van der Waals surface area contributed by atoms with E-state index >= 15 is 0 Å². The van der Waals surface area contributed by atoms with Gasteiger partial charge in [0.2, 0.25) is 17.0 Å². The lowest BCUT2D eigenvalue weighted by Gasteiger charge is -2.48. The molecule has 0 aromatic rings. The molecule has 12 nitrogen and oxygen atoms in total. The second-order valence-corrected chi connectivity index (χ2v) is 28.0. The Kier molecular flexibility index (Phi) is 29.7. The third kappa shape index (κ3) is 20.3. The molecule has 0 heterocycles. The summed E-state index contributed by atoms with van der Waals surface area (Å²) in [5.74, 6) is -54.3. The van der Waals surface area contributed by atoms with Crippen LogP contribution in [0.5, 0.6) is 0 Å². The monoisotopic (exact) mass is 1740 g/mol. The van der Waals surface area contributed by atoms with E-state index in [1.165, 1.54) is 0 Å². The van der Waals surface area contributed by atoms with Gasteiger partial charge in [0, 0.05) is 64.2 Å². The van der Waals surface area contributed by atoms with Crippen molar-refractivity contribution in [1.29, 1.82) is 0 Å². The van der Waals surface area contributed by atoms with E-state index in [1.54, 1.807) is 0 Å². The molecule has 6 N–H and O–H groups in total. The number of halogens is 42. The summed E-state index contributed by atoms with van der Waals surface area (Å²) in [6, 6.07) is 0. The van der Waals surface area contributed by atoms with Crippen molar-refractivity contribution in [3.05, 3.63) is 0 Å². The predicted octanol–water partition coefficient (Wildman–Crippen LogP) is 17.7. The largest absolute Gasteiger partial charge is 0.462 e. The average Bonchev–Trinajstić information content (AvgIpc) is 1.71. The van der Waals surface area contributed by atoms with E-state index in [2.05, 4.69) is 14.2 Å². The van der Waals surface area contributed by atoms with Gasteiger partial charge in [-0.15, -0.1) is 0 Å². The lowest BCUT2D eigenvalue weighted by molar-refractivity contribution is -0.376. The Balaban J connectivity index is 0.000000832. The van der Waals surface area contributed by atoms with Gasteiger partial charge < -0.3 is 44.8 Å². The molecule has 3 fully saturated rings. The van der Waals surface area contributed by atoms with Crippen molar-refractivity contribution in [3.63, 3.8) is 0 Å². The highest BCUT2D eigenvalue weighted by atomic mass is 19.5. The van der Waals surface area contributed by atoms with Crippen LogP contribution in [0.25, 0.3) is 0 Å². The van der Waals surface area contributed by atoms with Crippen LogP contribution in [0.3, 0.4) is 0 Å². The summed E-state index contributed by atoms with van der Waals surface area (Å²) in [5.41, 5.74) is -44.5. The lowest BCUT2D eigenvalue weighted by Crippen LogP contribution is -2.67. The second-order valence-electron chi connectivity index (χ2n) is 28.0. The maximum atomic E-state index is 15.0.